The Morgan fingerprint density at radius 2 is 1.80 bits per heavy atom. The second-order valence-corrected chi connectivity index (χ2v) is 4.01. The Morgan fingerprint density at radius 3 is 2.45 bits per heavy atom. The Labute approximate surface area is 116 Å². The standard InChI is InChI=1S/C13H16N4O3/c1-2-7-19-12-15-11(14)16-13(17-12)20-10-5-3-9(8-18)4-6-10/h3-6,18H,2,7-8H2,1H3,(H2,14,15,16,17). The summed E-state index contributed by atoms with van der Waals surface area (Å²) in [5.41, 5.74) is 6.37. The first kappa shape index (κ1) is 14.0. The van der Waals surface area contributed by atoms with Crippen molar-refractivity contribution in [2.75, 3.05) is 12.3 Å². The van der Waals surface area contributed by atoms with Gasteiger partial charge < -0.3 is 20.3 Å². The molecule has 1 aromatic heterocycles. The van der Waals surface area contributed by atoms with Crippen molar-refractivity contribution in [1.29, 1.82) is 0 Å². The molecule has 0 aliphatic heterocycles. The first-order valence-corrected chi connectivity index (χ1v) is 6.23. The van der Waals surface area contributed by atoms with Gasteiger partial charge in [-0.1, -0.05) is 19.1 Å². The van der Waals surface area contributed by atoms with Crippen LogP contribution in [0.2, 0.25) is 0 Å². The fourth-order valence-corrected chi connectivity index (χ4v) is 1.42. The molecule has 7 nitrogen and oxygen atoms in total. The summed E-state index contributed by atoms with van der Waals surface area (Å²) in [6.45, 7) is 2.45. The van der Waals surface area contributed by atoms with Crippen molar-refractivity contribution in [3.63, 3.8) is 0 Å². The van der Waals surface area contributed by atoms with Crippen LogP contribution in [0, 0.1) is 0 Å². The van der Waals surface area contributed by atoms with Gasteiger partial charge in [0, 0.05) is 0 Å². The monoisotopic (exact) mass is 276 g/mol. The number of hydrogen-bond donors (Lipinski definition) is 2. The highest BCUT2D eigenvalue weighted by Crippen LogP contribution is 2.20. The summed E-state index contributed by atoms with van der Waals surface area (Å²) in [4.78, 5) is 11.8. The number of nitrogens with zero attached hydrogens (tertiary/aromatic N) is 3. The maximum Gasteiger partial charge on any atom is 0.330 e. The van der Waals surface area contributed by atoms with E-state index in [9.17, 15) is 0 Å². The smallest absolute Gasteiger partial charge is 0.330 e. The zero-order chi connectivity index (χ0) is 14.4. The van der Waals surface area contributed by atoms with Gasteiger partial charge >= 0.3 is 12.0 Å². The third kappa shape index (κ3) is 3.79. The quantitative estimate of drug-likeness (QED) is 0.824. The van der Waals surface area contributed by atoms with E-state index in [0.29, 0.717) is 12.4 Å². The van der Waals surface area contributed by atoms with Gasteiger partial charge in [0.1, 0.15) is 5.75 Å². The van der Waals surface area contributed by atoms with E-state index in [4.69, 9.17) is 20.3 Å². The SMILES string of the molecule is CCCOc1nc(N)nc(Oc2ccc(CO)cc2)n1. The number of anilines is 1. The summed E-state index contributed by atoms with van der Waals surface area (Å²) >= 11 is 0. The van der Waals surface area contributed by atoms with Crippen molar-refractivity contribution in [2.45, 2.75) is 20.0 Å². The van der Waals surface area contributed by atoms with Gasteiger partial charge in [-0.25, -0.2) is 0 Å². The minimum Gasteiger partial charge on any atom is -0.463 e. The fourth-order valence-electron chi connectivity index (χ4n) is 1.42. The summed E-state index contributed by atoms with van der Waals surface area (Å²) in [7, 11) is 0. The normalized spacial score (nSPS) is 10.3. The molecule has 1 aromatic carbocycles. The van der Waals surface area contributed by atoms with Crippen LogP contribution in [0.1, 0.15) is 18.9 Å². The zero-order valence-corrected chi connectivity index (χ0v) is 11.1. The van der Waals surface area contributed by atoms with Crippen LogP contribution in [0.25, 0.3) is 0 Å². The molecule has 0 aliphatic rings. The number of benzene rings is 1. The lowest BCUT2D eigenvalue weighted by Gasteiger charge is -2.07. The van der Waals surface area contributed by atoms with Gasteiger partial charge in [0.05, 0.1) is 13.2 Å². The maximum atomic E-state index is 8.97. The average Bonchev–Trinajstić information content (AvgIpc) is 2.45. The van der Waals surface area contributed by atoms with Crippen LogP contribution in [0.5, 0.6) is 17.8 Å². The topological polar surface area (TPSA) is 103 Å². The molecule has 3 N–H and O–H groups in total. The van der Waals surface area contributed by atoms with E-state index in [2.05, 4.69) is 15.0 Å². The van der Waals surface area contributed by atoms with Gasteiger partial charge in [-0.15, -0.1) is 4.98 Å². The lowest BCUT2D eigenvalue weighted by molar-refractivity contribution is 0.281. The predicted molar refractivity (Wildman–Crippen MR) is 72.5 cm³/mol. The molecule has 2 rings (SSSR count). The van der Waals surface area contributed by atoms with E-state index in [0.717, 1.165) is 12.0 Å². The largest absolute Gasteiger partial charge is 0.463 e. The van der Waals surface area contributed by atoms with Gasteiger partial charge in [0.2, 0.25) is 5.95 Å². The third-order valence-electron chi connectivity index (χ3n) is 2.36. The minimum atomic E-state index is -0.0199. The number of ether oxygens (including phenoxy) is 2. The number of aromatic nitrogens is 3. The van der Waals surface area contributed by atoms with Crippen molar-refractivity contribution in [3.05, 3.63) is 29.8 Å². The van der Waals surface area contributed by atoms with E-state index >= 15 is 0 Å². The second-order valence-electron chi connectivity index (χ2n) is 4.01. The molecule has 0 radical (unpaired) electrons. The summed E-state index contributed by atoms with van der Waals surface area (Å²) in [6, 6.07) is 7.11. The van der Waals surface area contributed by atoms with Crippen LogP contribution in [0.15, 0.2) is 24.3 Å². The van der Waals surface area contributed by atoms with E-state index in [1.807, 2.05) is 6.92 Å². The van der Waals surface area contributed by atoms with E-state index in [1.54, 1.807) is 24.3 Å². The molecule has 0 atom stereocenters. The van der Waals surface area contributed by atoms with Crippen molar-refractivity contribution in [3.8, 4) is 17.8 Å². The third-order valence-corrected chi connectivity index (χ3v) is 2.36. The number of hydrogen-bond acceptors (Lipinski definition) is 7. The number of rotatable bonds is 6. The summed E-state index contributed by atoms with van der Waals surface area (Å²) in [6.07, 6.45) is 0.838. The van der Waals surface area contributed by atoms with Gasteiger partial charge in [-0.3, -0.25) is 0 Å². The molecule has 2 aromatic rings. The molecule has 1 heterocycles. The maximum absolute atomic E-state index is 8.97. The fraction of sp³-hybridized carbons (Fsp3) is 0.308. The number of nitrogens with two attached hydrogens (primary N) is 1. The summed E-state index contributed by atoms with van der Waals surface area (Å²) < 4.78 is 10.8. The van der Waals surface area contributed by atoms with Crippen LogP contribution >= 0.6 is 0 Å². The van der Waals surface area contributed by atoms with E-state index in [-0.39, 0.29) is 24.6 Å². The number of aliphatic hydroxyl groups excluding tert-OH is 1. The van der Waals surface area contributed by atoms with Crippen molar-refractivity contribution in [2.24, 2.45) is 0 Å². The Hall–Kier alpha value is -2.41. The van der Waals surface area contributed by atoms with Crippen molar-refractivity contribution < 1.29 is 14.6 Å². The summed E-state index contributed by atoms with van der Waals surface area (Å²) in [5.74, 6) is 0.572. The van der Waals surface area contributed by atoms with Crippen LogP contribution in [0.3, 0.4) is 0 Å². The van der Waals surface area contributed by atoms with Crippen LogP contribution in [-0.4, -0.2) is 26.7 Å². The Balaban J connectivity index is 2.12. The molecule has 0 saturated heterocycles. The second kappa shape index (κ2) is 6.67. The van der Waals surface area contributed by atoms with Crippen molar-refractivity contribution >= 4 is 5.95 Å². The first-order chi connectivity index (χ1) is 9.71. The lowest BCUT2D eigenvalue weighted by atomic mass is 10.2. The number of aliphatic hydroxyl groups is 1. The molecule has 7 heteroatoms. The van der Waals surface area contributed by atoms with Gasteiger partial charge in [-0.2, -0.15) is 9.97 Å². The van der Waals surface area contributed by atoms with E-state index in [1.165, 1.54) is 0 Å². The van der Waals surface area contributed by atoms with Crippen LogP contribution in [-0.2, 0) is 6.61 Å². The molecule has 106 valence electrons. The molecule has 0 aliphatic carbocycles. The van der Waals surface area contributed by atoms with Crippen molar-refractivity contribution in [1.82, 2.24) is 15.0 Å². The average molecular weight is 276 g/mol. The van der Waals surface area contributed by atoms with Gasteiger partial charge in [-0.05, 0) is 24.1 Å². The van der Waals surface area contributed by atoms with Gasteiger partial charge in [0.15, 0.2) is 0 Å². The molecule has 20 heavy (non-hydrogen) atoms. The molecule has 0 saturated carbocycles. The Kier molecular flexibility index (Phi) is 4.67. The highest BCUT2D eigenvalue weighted by Gasteiger charge is 2.07. The Bertz CT molecular complexity index is 560. The molecular formula is C13H16N4O3. The molecular weight excluding hydrogens is 260 g/mol. The molecule has 0 fully saturated rings. The molecule has 0 bridgehead atoms. The minimum absolute atomic E-state index is 0.0199. The summed E-state index contributed by atoms with van der Waals surface area (Å²) in [5, 5.41) is 8.97. The highest BCUT2D eigenvalue weighted by molar-refractivity contribution is 5.30. The van der Waals surface area contributed by atoms with Crippen LogP contribution < -0.4 is 15.2 Å². The highest BCUT2D eigenvalue weighted by atomic mass is 16.5. The molecule has 0 unspecified atom stereocenters. The Morgan fingerprint density at radius 1 is 1.10 bits per heavy atom. The van der Waals surface area contributed by atoms with Gasteiger partial charge in [0.25, 0.3) is 0 Å². The number of nitrogen functional groups attached to an aromatic ring is 1. The molecule has 0 spiro atoms. The predicted octanol–water partition coefficient (Wildman–Crippen LogP) is 1.53. The zero-order valence-electron chi connectivity index (χ0n) is 11.1. The first-order valence-electron chi connectivity index (χ1n) is 6.23. The van der Waals surface area contributed by atoms with Crippen LogP contribution in [0.4, 0.5) is 5.95 Å². The van der Waals surface area contributed by atoms with E-state index < -0.39 is 0 Å². The lowest BCUT2D eigenvalue weighted by Crippen LogP contribution is -2.05. The molecule has 0 amide bonds.